The molecule has 1 atom stereocenters. The second-order valence-electron chi connectivity index (χ2n) is 5.09. The molecule has 0 fully saturated rings. The lowest BCUT2D eigenvalue weighted by Crippen LogP contribution is -2.26. The van der Waals surface area contributed by atoms with Crippen molar-refractivity contribution < 1.29 is 13.7 Å². The molecule has 0 aliphatic carbocycles. The highest BCUT2D eigenvalue weighted by Gasteiger charge is 2.18. The van der Waals surface area contributed by atoms with Gasteiger partial charge in [0, 0.05) is 11.6 Å². The van der Waals surface area contributed by atoms with Crippen molar-refractivity contribution in [2.75, 3.05) is 0 Å². The SMILES string of the molecule is Cc1ccc(C(C)NC(=O)c2cc(-c3ccccc3)on2)o1. The molecule has 1 N–H and O–H groups in total. The average molecular weight is 296 g/mol. The number of benzene rings is 1. The van der Waals surface area contributed by atoms with E-state index in [2.05, 4.69) is 10.5 Å². The lowest BCUT2D eigenvalue weighted by atomic mass is 10.1. The van der Waals surface area contributed by atoms with Crippen LogP contribution in [0.1, 0.15) is 35.0 Å². The van der Waals surface area contributed by atoms with E-state index in [1.807, 2.05) is 56.3 Å². The fourth-order valence-electron chi connectivity index (χ4n) is 2.15. The smallest absolute Gasteiger partial charge is 0.274 e. The Kier molecular flexibility index (Phi) is 3.78. The molecule has 0 aliphatic heterocycles. The summed E-state index contributed by atoms with van der Waals surface area (Å²) in [6, 6.07) is 14.6. The number of hydrogen-bond acceptors (Lipinski definition) is 4. The number of hydrogen-bond donors (Lipinski definition) is 1. The van der Waals surface area contributed by atoms with Crippen molar-refractivity contribution >= 4 is 5.91 Å². The van der Waals surface area contributed by atoms with Crippen LogP contribution in [0.25, 0.3) is 11.3 Å². The summed E-state index contributed by atoms with van der Waals surface area (Å²) in [7, 11) is 0. The Morgan fingerprint density at radius 3 is 2.64 bits per heavy atom. The molecule has 1 aromatic carbocycles. The third-order valence-corrected chi connectivity index (χ3v) is 3.34. The number of carbonyl (C=O) groups excluding carboxylic acids is 1. The molecule has 0 saturated heterocycles. The molecule has 112 valence electrons. The molecule has 3 rings (SSSR count). The van der Waals surface area contributed by atoms with Gasteiger partial charge in [-0.3, -0.25) is 4.79 Å². The Hall–Kier alpha value is -2.82. The normalized spacial score (nSPS) is 12.1. The van der Waals surface area contributed by atoms with Gasteiger partial charge in [0.1, 0.15) is 11.5 Å². The number of amides is 1. The van der Waals surface area contributed by atoms with Crippen LogP contribution in [-0.2, 0) is 0 Å². The number of carbonyl (C=O) groups is 1. The van der Waals surface area contributed by atoms with Gasteiger partial charge in [-0.25, -0.2) is 0 Å². The molecule has 22 heavy (non-hydrogen) atoms. The summed E-state index contributed by atoms with van der Waals surface area (Å²) in [5, 5.41) is 6.66. The maximum absolute atomic E-state index is 12.2. The van der Waals surface area contributed by atoms with E-state index in [9.17, 15) is 4.79 Å². The van der Waals surface area contributed by atoms with Crippen molar-refractivity contribution in [2.45, 2.75) is 19.9 Å². The molecule has 0 radical (unpaired) electrons. The minimum atomic E-state index is -0.299. The van der Waals surface area contributed by atoms with Gasteiger partial charge >= 0.3 is 0 Å². The van der Waals surface area contributed by atoms with Crippen LogP contribution in [0.5, 0.6) is 0 Å². The lowest BCUT2D eigenvalue weighted by molar-refractivity contribution is 0.0926. The van der Waals surface area contributed by atoms with E-state index >= 15 is 0 Å². The summed E-state index contributed by atoms with van der Waals surface area (Å²) in [5.74, 6) is 1.78. The fraction of sp³-hybridized carbons (Fsp3) is 0.176. The van der Waals surface area contributed by atoms with Crippen LogP contribution in [-0.4, -0.2) is 11.1 Å². The molecule has 2 heterocycles. The number of nitrogens with one attached hydrogen (secondary N) is 1. The summed E-state index contributed by atoms with van der Waals surface area (Å²) in [4.78, 5) is 12.2. The number of aryl methyl sites for hydroxylation is 1. The molecule has 0 aliphatic rings. The van der Waals surface area contributed by atoms with E-state index in [-0.39, 0.29) is 17.6 Å². The third kappa shape index (κ3) is 2.93. The summed E-state index contributed by atoms with van der Waals surface area (Å²) < 4.78 is 10.7. The first-order valence-corrected chi connectivity index (χ1v) is 7.03. The van der Waals surface area contributed by atoms with Gasteiger partial charge in [-0.15, -0.1) is 0 Å². The summed E-state index contributed by atoms with van der Waals surface area (Å²) in [5.41, 5.74) is 1.12. The predicted molar refractivity (Wildman–Crippen MR) is 81.3 cm³/mol. The highest BCUT2D eigenvalue weighted by atomic mass is 16.5. The van der Waals surface area contributed by atoms with Gasteiger partial charge in [-0.2, -0.15) is 0 Å². The molecule has 1 amide bonds. The van der Waals surface area contributed by atoms with E-state index in [4.69, 9.17) is 8.94 Å². The van der Waals surface area contributed by atoms with Crippen LogP contribution in [0, 0.1) is 6.92 Å². The quantitative estimate of drug-likeness (QED) is 0.796. The standard InChI is InChI=1S/C17H16N2O3/c1-11-8-9-15(21-11)12(2)18-17(20)14-10-16(22-19-14)13-6-4-3-5-7-13/h3-10,12H,1-2H3,(H,18,20). The van der Waals surface area contributed by atoms with Crippen molar-refractivity contribution in [3.63, 3.8) is 0 Å². The van der Waals surface area contributed by atoms with Crippen molar-refractivity contribution in [1.82, 2.24) is 10.5 Å². The van der Waals surface area contributed by atoms with Crippen molar-refractivity contribution in [2.24, 2.45) is 0 Å². The summed E-state index contributed by atoms with van der Waals surface area (Å²) in [6.07, 6.45) is 0. The molecule has 1 unspecified atom stereocenters. The number of nitrogens with zero attached hydrogens (tertiary/aromatic N) is 1. The lowest BCUT2D eigenvalue weighted by Gasteiger charge is -2.09. The van der Waals surface area contributed by atoms with Crippen LogP contribution in [0.15, 0.2) is 57.5 Å². The molecule has 0 bridgehead atoms. The minimum Gasteiger partial charge on any atom is -0.464 e. The minimum absolute atomic E-state index is 0.238. The topological polar surface area (TPSA) is 68.3 Å². The highest BCUT2D eigenvalue weighted by molar-refractivity contribution is 5.93. The number of furan rings is 1. The second kappa shape index (κ2) is 5.89. The van der Waals surface area contributed by atoms with Crippen molar-refractivity contribution in [3.8, 4) is 11.3 Å². The zero-order valence-electron chi connectivity index (χ0n) is 12.4. The van der Waals surface area contributed by atoms with Crippen LogP contribution >= 0.6 is 0 Å². The zero-order valence-corrected chi connectivity index (χ0v) is 12.4. The van der Waals surface area contributed by atoms with Crippen LogP contribution in [0.4, 0.5) is 0 Å². The number of rotatable bonds is 4. The first-order chi connectivity index (χ1) is 10.6. The molecule has 2 aromatic heterocycles. The Bertz CT molecular complexity index is 774. The molecule has 5 heteroatoms. The zero-order chi connectivity index (χ0) is 15.5. The van der Waals surface area contributed by atoms with Gasteiger partial charge in [0.25, 0.3) is 5.91 Å². The van der Waals surface area contributed by atoms with E-state index in [0.29, 0.717) is 11.5 Å². The first-order valence-electron chi connectivity index (χ1n) is 7.03. The first kappa shape index (κ1) is 14.1. The van der Waals surface area contributed by atoms with Crippen LogP contribution in [0.2, 0.25) is 0 Å². The van der Waals surface area contributed by atoms with Crippen molar-refractivity contribution in [1.29, 1.82) is 0 Å². The summed E-state index contributed by atoms with van der Waals surface area (Å²) >= 11 is 0. The Morgan fingerprint density at radius 1 is 1.18 bits per heavy atom. The highest BCUT2D eigenvalue weighted by Crippen LogP contribution is 2.20. The van der Waals surface area contributed by atoms with E-state index in [1.165, 1.54) is 0 Å². The van der Waals surface area contributed by atoms with Crippen LogP contribution < -0.4 is 5.32 Å². The number of aromatic nitrogens is 1. The van der Waals surface area contributed by atoms with Gasteiger partial charge in [0.05, 0.1) is 6.04 Å². The van der Waals surface area contributed by atoms with Gasteiger partial charge in [-0.1, -0.05) is 35.5 Å². The fourth-order valence-corrected chi connectivity index (χ4v) is 2.15. The predicted octanol–water partition coefficient (Wildman–Crippen LogP) is 3.73. The summed E-state index contributed by atoms with van der Waals surface area (Å²) in [6.45, 7) is 3.72. The third-order valence-electron chi connectivity index (χ3n) is 3.34. The van der Waals surface area contributed by atoms with Gasteiger partial charge < -0.3 is 14.3 Å². The van der Waals surface area contributed by atoms with E-state index in [1.54, 1.807) is 6.07 Å². The molecule has 5 nitrogen and oxygen atoms in total. The second-order valence-corrected chi connectivity index (χ2v) is 5.09. The average Bonchev–Trinajstić information content (AvgIpc) is 3.17. The molecule has 3 aromatic rings. The monoisotopic (exact) mass is 296 g/mol. The molecular formula is C17H16N2O3. The van der Waals surface area contributed by atoms with Gasteiger partial charge in [0.15, 0.2) is 11.5 Å². The maximum Gasteiger partial charge on any atom is 0.274 e. The Morgan fingerprint density at radius 2 is 1.95 bits per heavy atom. The largest absolute Gasteiger partial charge is 0.464 e. The van der Waals surface area contributed by atoms with E-state index in [0.717, 1.165) is 11.3 Å². The van der Waals surface area contributed by atoms with E-state index < -0.39 is 0 Å². The Labute approximate surface area is 127 Å². The maximum atomic E-state index is 12.2. The van der Waals surface area contributed by atoms with Crippen LogP contribution in [0.3, 0.4) is 0 Å². The van der Waals surface area contributed by atoms with Gasteiger partial charge in [0.2, 0.25) is 0 Å². The molecular weight excluding hydrogens is 280 g/mol. The Balaban J connectivity index is 1.72. The van der Waals surface area contributed by atoms with Gasteiger partial charge in [-0.05, 0) is 26.0 Å². The molecule has 0 saturated carbocycles. The van der Waals surface area contributed by atoms with Crippen molar-refractivity contribution in [3.05, 3.63) is 65.7 Å². The molecule has 0 spiro atoms.